The van der Waals surface area contributed by atoms with Gasteiger partial charge in [-0.05, 0) is 40.2 Å². The van der Waals surface area contributed by atoms with Gasteiger partial charge in [-0.15, -0.1) is 0 Å². The van der Waals surface area contributed by atoms with E-state index in [2.05, 4.69) is 30.8 Å². The van der Waals surface area contributed by atoms with E-state index in [9.17, 15) is 0 Å². The molecule has 0 bridgehead atoms. The number of hydrogen-bond donors (Lipinski definition) is 0. The smallest absolute Gasteiger partial charge is 0.172 e. The summed E-state index contributed by atoms with van der Waals surface area (Å²) in [5, 5.41) is 0. The Morgan fingerprint density at radius 1 is 1.28 bits per heavy atom. The number of rotatable bonds is 2. The van der Waals surface area contributed by atoms with Crippen LogP contribution in [0.1, 0.15) is 5.69 Å². The van der Waals surface area contributed by atoms with Gasteiger partial charge in [0.05, 0.1) is 18.8 Å². The Kier molecular flexibility index (Phi) is 3.15. The molecule has 1 aliphatic heterocycles. The van der Waals surface area contributed by atoms with Gasteiger partial charge in [-0.2, -0.15) is 0 Å². The fourth-order valence-electron chi connectivity index (χ4n) is 1.96. The van der Waals surface area contributed by atoms with Crippen LogP contribution in [0.15, 0.2) is 41.1 Å². The number of anilines is 1. The lowest BCUT2D eigenvalue weighted by Crippen LogP contribution is -2.33. The Morgan fingerprint density at radius 2 is 2.22 bits per heavy atom. The molecule has 2 aromatic rings. The first kappa shape index (κ1) is 11.5. The van der Waals surface area contributed by atoms with Crippen LogP contribution in [0.4, 0.5) is 5.82 Å². The molecule has 0 atom stereocenters. The van der Waals surface area contributed by atoms with E-state index in [-0.39, 0.29) is 0 Å². The maximum atomic E-state index is 5.60. The van der Waals surface area contributed by atoms with E-state index in [4.69, 9.17) is 4.74 Å². The van der Waals surface area contributed by atoms with Crippen LogP contribution in [0.5, 0.6) is 5.75 Å². The molecule has 0 saturated carbocycles. The van der Waals surface area contributed by atoms with Gasteiger partial charge in [-0.25, -0.2) is 4.98 Å². The second-order valence-electron chi connectivity index (χ2n) is 4.05. The van der Waals surface area contributed by atoms with E-state index in [0.717, 1.165) is 35.0 Å². The van der Waals surface area contributed by atoms with Crippen molar-refractivity contribution >= 4 is 21.7 Å². The van der Waals surface area contributed by atoms with E-state index in [0.29, 0.717) is 6.61 Å². The molecule has 4 nitrogen and oxygen atoms in total. The van der Waals surface area contributed by atoms with Crippen LogP contribution in [-0.2, 0) is 6.54 Å². The van der Waals surface area contributed by atoms with Crippen molar-refractivity contribution in [3.63, 3.8) is 0 Å². The number of ether oxygens (including phenoxy) is 1. The largest absolute Gasteiger partial charge is 0.488 e. The number of nitrogens with zero attached hydrogens (tertiary/aromatic N) is 3. The second-order valence-corrected chi connectivity index (χ2v) is 4.86. The van der Waals surface area contributed by atoms with E-state index in [1.54, 1.807) is 0 Å². The molecule has 0 aliphatic carbocycles. The van der Waals surface area contributed by atoms with Crippen LogP contribution >= 0.6 is 15.9 Å². The third-order valence-electron chi connectivity index (χ3n) is 2.80. The Bertz CT molecular complexity index is 547. The summed E-state index contributed by atoms with van der Waals surface area (Å²) < 4.78 is 6.42. The van der Waals surface area contributed by atoms with Gasteiger partial charge in [-0.3, -0.25) is 4.98 Å². The fourth-order valence-corrected chi connectivity index (χ4v) is 2.26. The van der Waals surface area contributed by atoms with Crippen LogP contribution in [0.3, 0.4) is 0 Å². The number of fused-ring (bicyclic) bond motifs is 1. The molecule has 5 heteroatoms. The normalized spacial score (nSPS) is 13.9. The third-order valence-corrected chi connectivity index (χ3v) is 3.24. The van der Waals surface area contributed by atoms with Crippen LogP contribution in [0.25, 0.3) is 0 Å². The van der Waals surface area contributed by atoms with Crippen molar-refractivity contribution in [1.29, 1.82) is 0 Å². The van der Waals surface area contributed by atoms with Gasteiger partial charge in [0, 0.05) is 6.20 Å². The Morgan fingerprint density at radius 3 is 3.06 bits per heavy atom. The first-order chi connectivity index (χ1) is 8.83. The standard InChI is InChI=1S/C13H12BrN3O/c14-12-5-4-11-13(16-12)17(7-8-18-11)9-10-3-1-2-6-15-10/h1-6H,7-9H2. The van der Waals surface area contributed by atoms with Gasteiger partial charge >= 0.3 is 0 Å². The van der Waals surface area contributed by atoms with E-state index < -0.39 is 0 Å². The second kappa shape index (κ2) is 4.94. The monoisotopic (exact) mass is 305 g/mol. The van der Waals surface area contributed by atoms with E-state index >= 15 is 0 Å². The lowest BCUT2D eigenvalue weighted by Gasteiger charge is -2.29. The minimum absolute atomic E-state index is 0.684. The maximum Gasteiger partial charge on any atom is 0.172 e. The molecule has 0 unspecified atom stereocenters. The van der Waals surface area contributed by atoms with Gasteiger partial charge in [0.15, 0.2) is 11.6 Å². The zero-order valence-electron chi connectivity index (χ0n) is 9.71. The highest BCUT2D eigenvalue weighted by atomic mass is 79.9. The molecule has 3 rings (SSSR count). The van der Waals surface area contributed by atoms with Gasteiger partial charge < -0.3 is 9.64 Å². The van der Waals surface area contributed by atoms with Gasteiger partial charge in [0.2, 0.25) is 0 Å². The summed E-state index contributed by atoms with van der Waals surface area (Å²) in [5.41, 5.74) is 1.03. The predicted molar refractivity (Wildman–Crippen MR) is 72.7 cm³/mol. The highest BCUT2D eigenvalue weighted by Gasteiger charge is 2.20. The van der Waals surface area contributed by atoms with Crippen molar-refractivity contribution in [3.8, 4) is 5.75 Å². The summed E-state index contributed by atoms with van der Waals surface area (Å²) >= 11 is 3.39. The zero-order chi connectivity index (χ0) is 12.4. The molecular formula is C13H12BrN3O. The quantitative estimate of drug-likeness (QED) is 0.800. The molecule has 0 radical (unpaired) electrons. The third kappa shape index (κ3) is 2.31. The summed E-state index contributed by atoms with van der Waals surface area (Å²) in [7, 11) is 0. The van der Waals surface area contributed by atoms with Crippen LogP contribution in [0.2, 0.25) is 0 Å². The topological polar surface area (TPSA) is 38.2 Å². The van der Waals surface area contributed by atoms with E-state index in [1.807, 2.05) is 36.5 Å². The molecule has 0 spiro atoms. The molecule has 2 aromatic heterocycles. The average molecular weight is 306 g/mol. The molecular weight excluding hydrogens is 294 g/mol. The molecule has 0 saturated heterocycles. The maximum absolute atomic E-state index is 5.60. The SMILES string of the molecule is Brc1ccc2c(n1)N(Cc1ccccn1)CCO2. The number of aromatic nitrogens is 2. The Balaban J connectivity index is 1.89. The van der Waals surface area contributed by atoms with Crippen molar-refractivity contribution in [2.24, 2.45) is 0 Å². The number of pyridine rings is 2. The number of hydrogen-bond acceptors (Lipinski definition) is 4. The van der Waals surface area contributed by atoms with Crippen LogP contribution in [0, 0.1) is 0 Å². The summed E-state index contributed by atoms with van der Waals surface area (Å²) in [6, 6.07) is 9.77. The first-order valence-corrected chi connectivity index (χ1v) is 6.56. The zero-order valence-corrected chi connectivity index (χ0v) is 11.3. The molecule has 92 valence electrons. The minimum atomic E-state index is 0.684. The Hall–Kier alpha value is -1.62. The summed E-state index contributed by atoms with van der Waals surface area (Å²) in [6.45, 7) is 2.26. The van der Waals surface area contributed by atoms with Crippen molar-refractivity contribution < 1.29 is 4.74 Å². The number of halogens is 1. The molecule has 0 aromatic carbocycles. The molecule has 0 N–H and O–H groups in total. The fraction of sp³-hybridized carbons (Fsp3) is 0.231. The summed E-state index contributed by atoms with van der Waals surface area (Å²) in [4.78, 5) is 11.0. The van der Waals surface area contributed by atoms with Crippen LogP contribution < -0.4 is 9.64 Å². The van der Waals surface area contributed by atoms with Crippen LogP contribution in [-0.4, -0.2) is 23.1 Å². The first-order valence-electron chi connectivity index (χ1n) is 5.77. The highest BCUT2D eigenvalue weighted by Crippen LogP contribution is 2.31. The average Bonchev–Trinajstić information content (AvgIpc) is 2.41. The van der Waals surface area contributed by atoms with Crippen molar-refractivity contribution in [3.05, 3.63) is 46.8 Å². The summed E-state index contributed by atoms with van der Waals surface area (Å²) in [6.07, 6.45) is 1.81. The predicted octanol–water partition coefficient (Wildman–Crippen LogP) is 2.64. The van der Waals surface area contributed by atoms with Crippen molar-refractivity contribution in [2.45, 2.75) is 6.54 Å². The lowest BCUT2D eigenvalue weighted by molar-refractivity contribution is 0.304. The molecule has 3 heterocycles. The summed E-state index contributed by atoms with van der Waals surface area (Å²) in [5.74, 6) is 1.71. The molecule has 0 fully saturated rings. The van der Waals surface area contributed by atoms with Gasteiger partial charge in [0.1, 0.15) is 11.2 Å². The molecule has 1 aliphatic rings. The minimum Gasteiger partial charge on any atom is -0.488 e. The lowest BCUT2D eigenvalue weighted by atomic mass is 10.3. The molecule has 0 amide bonds. The van der Waals surface area contributed by atoms with Gasteiger partial charge in [0.25, 0.3) is 0 Å². The van der Waals surface area contributed by atoms with Crippen molar-refractivity contribution in [1.82, 2.24) is 9.97 Å². The Labute approximate surface area is 114 Å². The van der Waals surface area contributed by atoms with Crippen molar-refractivity contribution in [2.75, 3.05) is 18.1 Å². The molecule has 18 heavy (non-hydrogen) atoms. The highest BCUT2D eigenvalue weighted by molar-refractivity contribution is 9.10. The van der Waals surface area contributed by atoms with E-state index in [1.165, 1.54) is 0 Å². The van der Waals surface area contributed by atoms with Gasteiger partial charge in [-0.1, -0.05) is 6.07 Å².